The van der Waals surface area contributed by atoms with Gasteiger partial charge in [0.1, 0.15) is 4.90 Å². The minimum absolute atomic E-state index is 0.00854. The number of rotatable bonds is 6. The lowest BCUT2D eigenvalue weighted by Gasteiger charge is -2.17. The third kappa shape index (κ3) is 3.87. The van der Waals surface area contributed by atoms with Crippen LogP contribution in [0.2, 0.25) is 10.0 Å². The summed E-state index contributed by atoms with van der Waals surface area (Å²) < 4.78 is 25.8. The monoisotopic (exact) mass is 334 g/mol. The fourth-order valence-corrected chi connectivity index (χ4v) is 3.46. The highest BCUT2D eigenvalue weighted by Crippen LogP contribution is 2.30. The Morgan fingerprint density at radius 1 is 1.35 bits per heavy atom. The van der Waals surface area contributed by atoms with Crippen LogP contribution in [-0.2, 0) is 16.6 Å². The molecule has 0 saturated carbocycles. The summed E-state index contributed by atoms with van der Waals surface area (Å²) in [6, 6.07) is 2.92. The molecule has 1 aromatic carbocycles. The number of benzene rings is 1. The molecule has 4 nitrogen and oxygen atoms in total. The van der Waals surface area contributed by atoms with Crippen LogP contribution in [0.15, 0.2) is 17.0 Å². The molecule has 0 radical (unpaired) electrons. The van der Waals surface area contributed by atoms with Crippen LogP contribution < -0.4 is 5.32 Å². The zero-order chi connectivity index (χ0) is 15.3. The van der Waals surface area contributed by atoms with Gasteiger partial charge in [-0.1, -0.05) is 36.0 Å². The lowest BCUT2D eigenvalue weighted by molar-refractivity contribution is 0.503. The number of halogens is 2. The molecule has 0 atom stereocenters. The van der Waals surface area contributed by atoms with E-state index in [0.29, 0.717) is 17.1 Å². The van der Waals surface area contributed by atoms with Gasteiger partial charge in [-0.2, -0.15) is 4.31 Å². The van der Waals surface area contributed by atoms with Crippen molar-refractivity contribution in [2.24, 2.45) is 0 Å². The van der Waals surface area contributed by atoms with Crippen LogP contribution in [0.1, 0.15) is 12.5 Å². The van der Waals surface area contributed by atoms with E-state index in [1.54, 1.807) is 0 Å². The van der Waals surface area contributed by atoms with Gasteiger partial charge in [0.15, 0.2) is 0 Å². The summed E-state index contributed by atoms with van der Waals surface area (Å²) in [6.45, 7) is 3.14. The van der Waals surface area contributed by atoms with E-state index in [9.17, 15) is 8.42 Å². The Morgan fingerprint density at radius 3 is 2.55 bits per heavy atom. The van der Waals surface area contributed by atoms with Crippen LogP contribution >= 0.6 is 23.2 Å². The van der Waals surface area contributed by atoms with Gasteiger partial charge in [-0.25, -0.2) is 8.42 Å². The SMILES string of the molecule is C#CCN(C)S(=O)(=O)c1cc(CNCC)c(Cl)cc1Cl. The van der Waals surface area contributed by atoms with Crippen molar-refractivity contribution in [3.63, 3.8) is 0 Å². The van der Waals surface area contributed by atoms with E-state index in [1.807, 2.05) is 6.92 Å². The summed E-state index contributed by atoms with van der Waals surface area (Å²) in [4.78, 5) is 0.00854. The summed E-state index contributed by atoms with van der Waals surface area (Å²) in [6.07, 6.45) is 5.14. The summed E-state index contributed by atoms with van der Waals surface area (Å²) in [5.74, 6) is 2.29. The van der Waals surface area contributed by atoms with Gasteiger partial charge in [0.25, 0.3) is 0 Å². The van der Waals surface area contributed by atoms with Gasteiger partial charge in [-0.3, -0.25) is 0 Å². The lowest BCUT2D eigenvalue weighted by atomic mass is 10.2. The second kappa shape index (κ2) is 7.30. The van der Waals surface area contributed by atoms with E-state index in [1.165, 1.54) is 19.2 Å². The van der Waals surface area contributed by atoms with Crippen molar-refractivity contribution in [2.75, 3.05) is 20.1 Å². The molecule has 0 fully saturated rings. The number of sulfonamides is 1. The van der Waals surface area contributed by atoms with E-state index in [4.69, 9.17) is 29.6 Å². The Labute approximate surface area is 130 Å². The zero-order valence-electron chi connectivity index (χ0n) is 11.3. The lowest BCUT2D eigenvalue weighted by Crippen LogP contribution is -2.27. The largest absolute Gasteiger partial charge is 0.313 e. The fourth-order valence-electron chi connectivity index (χ4n) is 1.55. The van der Waals surface area contributed by atoms with Crippen LogP contribution in [0, 0.1) is 12.3 Å². The van der Waals surface area contributed by atoms with Crippen LogP contribution in [0.4, 0.5) is 0 Å². The number of nitrogens with zero attached hydrogens (tertiary/aromatic N) is 1. The van der Waals surface area contributed by atoms with Crippen LogP contribution in [0.3, 0.4) is 0 Å². The highest BCUT2D eigenvalue weighted by molar-refractivity contribution is 7.89. The first-order valence-electron chi connectivity index (χ1n) is 5.93. The maximum absolute atomic E-state index is 12.4. The molecule has 1 rings (SSSR count). The maximum Gasteiger partial charge on any atom is 0.245 e. The molecule has 0 saturated heterocycles. The molecular weight excluding hydrogens is 319 g/mol. The Balaban J connectivity index is 3.28. The van der Waals surface area contributed by atoms with Crippen molar-refractivity contribution in [3.8, 4) is 12.3 Å². The molecule has 0 aliphatic heterocycles. The predicted octanol–water partition coefficient (Wildman–Crippen LogP) is 2.36. The van der Waals surface area contributed by atoms with E-state index in [-0.39, 0.29) is 16.5 Å². The molecule has 1 N–H and O–H groups in total. The normalized spacial score (nSPS) is 11.6. The van der Waals surface area contributed by atoms with E-state index in [0.717, 1.165) is 10.8 Å². The molecule has 0 unspecified atom stereocenters. The average Bonchev–Trinajstić information content (AvgIpc) is 2.37. The first kappa shape index (κ1) is 17.3. The quantitative estimate of drug-likeness (QED) is 0.812. The maximum atomic E-state index is 12.4. The standard InChI is InChI=1S/C13H16Cl2N2O2S/c1-4-6-17(3)20(18,19)13-7-10(9-16-5-2)11(14)8-12(13)15/h1,7-8,16H,5-6,9H2,2-3H3. The minimum atomic E-state index is -3.72. The molecule has 110 valence electrons. The molecule has 0 heterocycles. The molecule has 0 aliphatic carbocycles. The predicted molar refractivity (Wildman–Crippen MR) is 82.5 cm³/mol. The first-order chi connectivity index (χ1) is 9.34. The average molecular weight is 335 g/mol. The van der Waals surface area contributed by atoms with Crippen LogP contribution in [-0.4, -0.2) is 32.9 Å². The van der Waals surface area contributed by atoms with Crippen molar-refractivity contribution in [2.45, 2.75) is 18.4 Å². The molecule has 0 aliphatic rings. The topological polar surface area (TPSA) is 49.4 Å². The smallest absolute Gasteiger partial charge is 0.245 e. The van der Waals surface area contributed by atoms with Crippen molar-refractivity contribution in [1.29, 1.82) is 0 Å². The molecule has 20 heavy (non-hydrogen) atoms. The van der Waals surface area contributed by atoms with Gasteiger partial charge in [-0.15, -0.1) is 6.42 Å². The molecule has 0 amide bonds. The van der Waals surface area contributed by atoms with E-state index in [2.05, 4.69) is 11.2 Å². The van der Waals surface area contributed by atoms with Crippen molar-refractivity contribution in [1.82, 2.24) is 9.62 Å². The highest BCUT2D eigenvalue weighted by Gasteiger charge is 2.24. The summed E-state index contributed by atoms with van der Waals surface area (Å²) in [7, 11) is -2.32. The third-order valence-corrected chi connectivity index (χ3v) is 5.29. The van der Waals surface area contributed by atoms with Crippen molar-refractivity contribution in [3.05, 3.63) is 27.7 Å². The first-order valence-corrected chi connectivity index (χ1v) is 8.12. The molecular formula is C13H16Cl2N2O2S. The molecule has 0 spiro atoms. The van der Waals surface area contributed by atoms with Crippen molar-refractivity contribution >= 4 is 33.2 Å². The summed E-state index contributed by atoms with van der Waals surface area (Å²) in [5.41, 5.74) is 0.672. The van der Waals surface area contributed by atoms with Gasteiger partial charge in [0.2, 0.25) is 10.0 Å². The Bertz CT molecular complexity index is 624. The van der Waals surface area contributed by atoms with Crippen molar-refractivity contribution < 1.29 is 8.42 Å². The van der Waals surface area contributed by atoms with E-state index < -0.39 is 10.0 Å². The van der Waals surface area contributed by atoms with Gasteiger partial charge in [0, 0.05) is 18.6 Å². The molecule has 0 aromatic heterocycles. The van der Waals surface area contributed by atoms with Gasteiger partial charge >= 0.3 is 0 Å². The Kier molecular flexibility index (Phi) is 6.31. The van der Waals surface area contributed by atoms with Gasteiger partial charge in [0.05, 0.1) is 11.6 Å². The number of hydrogen-bond acceptors (Lipinski definition) is 3. The second-order valence-electron chi connectivity index (χ2n) is 4.12. The molecule has 0 bridgehead atoms. The second-order valence-corrected chi connectivity index (χ2v) is 6.95. The number of hydrogen-bond donors (Lipinski definition) is 1. The molecule has 7 heteroatoms. The highest BCUT2D eigenvalue weighted by atomic mass is 35.5. The van der Waals surface area contributed by atoms with Crippen LogP contribution in [0.25, 0.3) is 0 Å². The van der Waals surface area contributed by atoms with E-state index >= 15 is 0 Å². The summed E-state index contributed by atoms with van der Waals surface area (Å²) in [5, 5.41) is 3.60. The number of nitrogens with one attached hydrogen (secondary N) is 1. The fraction of sp³-hybridized carbons (Fsp3) is 0.385. The van der Waals surface area contributed by atoms with Gasteiger partial charge < -0.3 is 5.32 Å². The van der Waals surface area contributed by atoms with Crippen LogP contribution in [0.5, 0.6) is 0 Å². The summed E-state index contributed by atoms with van der Waals surface area (Å²) >= 11 is 12.1. The third-order valence-electron chi connectivity index (χ3n) is 2.67. The number of terminal acetylenes is 1. The minimum Gasteiger partial charge on any atom is -0.313 e. The Hall–Kier alpha value is -0.770. The van der Waals surface area contributed by atoms with Gasteiger partial charge in [-0.05, 0) is 24.2 Å². The zero-order valence-corrected chi connectivity index (χ0v) is 13.6. The Morgan fingerprint density at radius 2 is 2.00 bits per heavy atom. The molecule has 1 aromatic rings.